The number of fused-ring (bicyclic) bond motifs is 1. The van der Waals surface area contributed by atoms with Crippen LogP contribution in [0.3, 0.4) is 0 Å². The quantitative estimate of drug-likeness (QED) is 0.807. The molecule has 1 aliphatic carbocycles. The van der Waals surface area contributed by atoms with Crippen LogP contribution in [0.25, 0.3) is 10.9 Å². The largest absolute Gasteiger partial charge is 0.357 e. The summed E-state index contributed by atoms with van der Waals surface area (Å²) in [7, 11) is 0. The zero-order chi connectivity index (χ0) is 11.1. The minimum Gasteiger partial charge on any atom is -0.357 e. The number of H-pyrrole nitrogens is 1. The Bertz CT molecular complexity index is 521. The predicted octanol–water partition coefficient (Wildman–Crippen LogP) is 3.04. The van der Waals surface area contributed by atoms with Crippen molar-refractivity contribution in [1.29, 1.82) is 0 Å². The first-order chi connectivity index (χ1) is 7.74. The minimum atomic E-state index is 0.771. The van der Waals surface area contributed by atoms with Gasteiger partial charge < -0.3 is 10.3 Å². The molecule has 1 aromatic heterocycles. The van der Waals surface area contributed by atoms with Crippen molar-refractivity contribution in [3.05, 3.63) is 35.0 Å². The van der Waals surface area contributed by atoms with Crippen molar-refractivity contribution in [2.75, 3.05) is 0 Å². The molecule has 2 heteroatoms. The van der Waals surface area contributed by atoms with Crippen molar-refractivity contribution in [3.8, 4) is 0 Å². The number of nitrogens with one attached hydrogen (secondary N) is 2. The molecule has 0 amide bonds. The Morgan fingerprint density at radius 1 is 1.31 bits per heavy atom. The Balaban J connectivity index is 1.94. The normalized spacial score (nSPS) is 15.9. The van der Waals surface area contributed by atoms with Gasteiger partial charge in [0.15, 0.2) is 0 Å². The summed E-state index contributed by atoms with van der Waals surface area (Å²) in [5, 5.41) is 4.92. The molecule has 0 atom stereocenters. The molecular weight excluding hydrogens is 196 g/mol. The van der Waals surface area contributed by atoms with Crippen LogP contribution >= 0.6 is 0 Å². The van der Waals surface area contributed by atoms with Crippen LogP contribution in [-0.2, 0) is 6.54 Å². The van der Waals surface area contributed by atoms with E-state index < -0.39 is 0 Å². The molecule has 1 fully saturated rings. The molecule has 0 saturated heterocycles. The lowest BCUT2D eigenvalue weighted by atomic mass is 10.1. The van der Waals surface area contributed by atoms with E-state index in [1.54, 1.807) is 0 Å². The summed E-state index contributed by atoms with van der Waals surface area (Å²) in [4.78, 5) is 3.53. The molecule has 2 N–H and O–H groups in total. The highest BCUT2D eigenvalue weighted by atomic mass is 15.0. The van der Waals surface area contributed by atoms with Gasteiger partial charge in [-0.2, -0.15) is 0 Å². The van der Waals surface area contributed by atoms with Gasteiger partial charge in [-0.05, 0) is 43.9 Å². The summed E-state index contributed by atoms with van der Waals surface area (Å²) in [5.74, 6) is 0. The van der Waals surface area contributed by atoms with Gasteiger partial charge in [-0.15, -0.1) is 0 Å². The van der Waals surface area contributed by atoms with Gasteiger partial charge >= 0.3 is 0 Å². The molecule has 2 aromatic rings. The van der Waals surface area contributed by atoms with E-state index in [1.807, 2.05) is 0 Å². The van der Waals surface area contributed by atoms with Gasteiger partial charge in [-0.25, -0.2) is 0 Å². The van der Waals surface area contributed by atoms with Crippen LogP contribution in [0.15, 0.2) is 18.2 Å². The maximum atomic E-state index is 3.56. The highest BCUT2D eigenvalue weighted by Gasteiger charge is 2.20. The number of benzene rings is 1. The van der Waals surface area contributed by atoms with Gasteiger partial charge in [0.1, 0.15) is 0 Å². The van der Waals surface area contributed by atoms with Gasteiger partial charge in [0, 0.05) is 29.2 Å². The molecule has 2 nitrogen and oxygen atoms in total. The fourth-order valence-corrected chi connectivity index (χ4v) is 2.22. The first kappa shape index (κ1) is 9.91. The van der Waals surface area contributed by atoms with Crippen molar-refractivity contribution >= 4 is 10.9 Å². The fourth-order valence-electron chi connectivity index (χ4n) is 2.22. The highest BCUT2D eigenvalue weighted by molar-refractivity contribution is 5.84. The topological polar surface area (TPSA) is 27.8 Å². The van der Waals surface area contributed by atoms with E-state index in [4.69, 9.17) is 0 Å². The molecule has 1 saturated carbocycles. The molecule has 0 bridgehead atoms. The molecule has 0 aliphatic heterocycles. The van der Waals surface area contributed by atoms with Crippen molar-refractivity contribution in [2.24, 2.45) is 0 Å². The molecule has 1 heterocycles. The van der Waals surface area contributed by atoms with Crippen molar-refractivity contribution in [2.45, 2.75) is 39.3 Å². The SMILES string of the molecule is Cc1ccc2c(C)c(CNC3CC3)[nH]c2c1. The summed E-state index contributed by atoms with van der Waals surface area (Å²) in [5.41, 5.74) is 5.32. The van der Waals surface area contributed by atoms with Crippen molar-refractivity contribution in [1.82, 2.24) is 10.3 Å². The van der Waals surface area contributed by atoms with E-state index in [2.05, 4.69) is 42.3 Å². The van der Waals surface area contributed by atoms with Gasteiger partial charge in [-0.3, -0.25) is 0 Å². The zero-order valence-electron chi connectivity index (χ0n) is 9.93. The smallest absolute Gasteiger partial charge is 0.0461 e. The fraction of sp³-hybridized carbons (Fsp3) is 0.429. The number of rotatable bonds is 3. The van der Waals surface area contributed by atoms with Crippen molar-refractivity contribution < 1.29 is 0 Å². The van der Waals surface area contributed by atoms with E-state index in [-0.39, 0.29) is 0 Å². The Labute approximate surface area is 96.1 Å². The average molecular weight is 214 g/mol. The third kappa shape index (κ3) is 1.74. The summed E-state index contributed by atoms with van der Waals surface area (Å²) in [6, 6.07) is 7.40. The average Bonchev–Trinajstić information content (AvgIpc) is 3.03. The monoisotopic (exact) mass is 214 g/mol. The molecule has 0 radical (unpaired) electrons. The van der Waals surface area contributed by atoms with Crippen LogP contribution in [0.2, 0.25) is 0 Å². The second kappa shape index (κ2) is 3.63. The second-order valence-corrected chi connectivity index (χ2v) is 4.93. The lowest BCUT2D eigenvalue weighted by Crippen LogP contribution is -2.16. The third-order valence-electron chi connectivity index (χ3n) is 3.46. The van der Waals surface area contributed by atoms with Gasteiger partial charge in [0.05, 0.1) is 0 Å². The third-order valence-corrected chi connectivity index (χ3v) is 3.46. The van der Waals surface area contributed by atoms with E-state index in [1.165, 1.54) is 40.6 Å². The zero-order valence-corrected chi connectivity index (χ0v) is 9.93. The second-order valence-electron chi connectivity index (χ2n) is 4.93. The maximum Gasteiger partial charge on any atom is 0.0461 e. The first-order valence-electron chi connectivity index (χ1n) is 6.05. The maximum absolute atomic E-state index is 3.56. The molecule has 1 aromatic carbocycles. The predicted molar refractivity (Wildman–Crippen MR) is 67.6 cm³/mol. The van der Waals surface area contributed by atoms with Crippen LogP contribution in [0.5, 0.6) is 0 Å². The number of aromatic nitrogens is 1. The minimum absolute atomic E-state index is 0.771. The summed E-state index contributed by atoms with van der Waals surface area (Å²) in [6.45, 7) is 5.32. The summed E-state index contributed by atoms with van der Waals surface area (Å²) in [6.07, 6.45) is 2.69. The van der Waals surface area contributed by atoms with E-state index in [9.17, 15) is 0 Å². The molecule has 1 aliphatic rings. The molecule has 84 valence electrons. The van der Waals surface area contributed by atoms with Crippen molar-refractivity contribution in [3.63, 3.8) is 0 Å². The lowest BCUT2D eigenvalue weighted by molar-refractivity contribution is 0.676. The molecular formula is C14H18N2. The number of aryl methyl sites for hydroxylation is 2. The Hall–Kier alpha value is -1.28. The van der Waals surface area contributed by atoms with Crippen LogP contribution in [0.4, 0.5) is 0 Å². The van der Waals surface area contributed by atoms with E-state index in [0.29, 0.717) is 0 Å². The Morgan fingerprint density at radius 3 is 2.88 bits per heavy atom. The Kier molecular flexibility index (Phi) is 2.25. The molecule has 3 rings (SSSR count). The van der Waals surface area contributed by atoms with Gasteiger partial charge in [0.25, 0.3) is 0 Å². The van der Waals surface area contributed by atoms with Crippen LogP contribution in [0.1, 0.15) is 29.7 Å². The summed E-state index contributed by atoms with van der Waals surface area (Å²) >= 11 is 0. The van der Waals surface area contributed by atoms with Crippen LogP contribution < -0.4 is 5.32 Å². The number of hydrogen-bond acceptors (Lipinski definition) is 1. The molecule has 16 heavy (non-hydrogen) atoms. The first-order valence-corrected chi connectivity index (χ1v) is 6.05. The summed E-state index contributed by atoms with van der Waals surface area (Å²) < 4.78 is 0. The highest BCUT2D eigenvalue weighted by Crippen LogP contribution is 2.24. The van der Waals surface area contributed by atoms with E-state index >= 15 is 0 Å². The van der Waals surface area contributed by atoms with Gasteiger partial charge in [-0.1, -0.05) is 12.1 Å². The molecule has 0 spiro atoms. The lowest BCUT2D eigenvalue weighted by Gasteiger charge is -2.01. The van der Waals surface area contributed by atoms with E-state index in [0.717, 1.165) is 12.6 Å². The molecule has 0 unspecified atom stereocenters. The number of hydrogen-bond donors (Lipinski definition) is 2. The number of aromatic amines is 1. The standard InChI is InChI=1S/C14H18N2/c1-9-3-6-12-10(2)14(16-13(12)7-9)8-15-11-4-5-11/h3,6-7,11,15-16H,4-5,8H2,1-2H3. The van der Waals surface area contributed by atoms with Crippen LogP contribution in [0, 0.1) is 13.8 Å². The van der Waals surface area contributed by atoms with Gasteiger partial charge in [0.2, 0.25) is 0 Å². The Morgan fingerprint density at radius 2 is 2.12 bits per heavy atom. The van der Waals surface area contributed by atoms with Crippen LogP contribution in [-0.4, -0.2) is 11.0 Å².